The average Bonchev–Trinajstić information content (AvgIpc) is 2.63. The minimum atomic E-state index is 0.108. The number of aryl methyl sites for hydroxylation is 1. The van der Waals surface area contributed by atoms with Crippen LogP contribution in [0.15, 0.2) is 6.07 Å². The van der Waals surface area contributed by atoms with Crippen molar-refractivity contribution in [3.8, 4) is 0 Å². The summed E-state index contributed by atoms with van der Waals surface area (Å²) >= 11 is 0. The number of fused-ring (bicyclic) bond motifs is 1. The molecule has 2 aliphatic rings. The molecule has 0 saturated heterocycles. The highest BCUT2D eigenvalue weighted by atomic mass is 16.1. The molecule has 0 aliphatic heterocycles. The van der Waals surface area contributed by atoms with Gasteiger partial charge in [0.05, 0.1) is 0 Å². The molecule has 1 heterocycles. The Hall–Kier alpha value is -1.05. The number of ketones is 1. The summed E-state index contributed by atoms with van der Waals surface area (Å²) in [7, 11) is 0. The molecule has 0 radical (unpaired) electrons. The third-order valence-corrected chi connectivity index (χ3v) is 5.46. The molecular formula is C19H29NO. The molecule has 2 heteroatoms. The minimum absolute atomic E-state index is 0.108. The number of carbonyl (C=O) groups excluding carboxylic acids is 1. The van der Waals surface area contributed by atoms with E-state index < -0.39 is 0 Å². The van der Waals surface area contributed by atoms with E-state index in [1.165, 1.54) is 37.1 Å². The van der Waals surface area contributed by atoms with Gasteiger partial charge in [-0.15, -0.1) is 0 Å². The molecule has 1 aromatic rings. The van der Waals surface area contributed by atoms with Crippen molar-refractivity contribution in [2.45, 2.75) is 79.2 Å². The van der Waals surface area contributed by atoms with E-state index in [2.05, 4.69) is 45.3 Å². The molecule has 2 aliphatic carbocycles. The van der Waals surface area contributed by atoms with Crippen LogP contribution in [0, 0.1) is 17.8 Å². The Bertz CT molecular complexity index is 577. The molecule has 3 rings (SSSR count). The standard InChI is InChI=1S/C19H29NO/c1-13-9-15-16(11-19(4,5)12-17(15)21)20(13)14-7-6-8-18(2,3)10-14/h9,14H,6-8,10-12H2,1-5H3. The summed E-state index contributed by atoms with van der Waals surface area (Å²) in [4.78, 5) is 12.5. The lowest BCUT2D eigenvalue weighted by Crippen LogP contribution is -2.31. The van der Waals surface area contributed by atoms with Crippen molar-refractivity contribution in [2.75, 3.05) is 0 Å². The second-order valence-corrected chi connectivity index (χ2v) is 8.87. The topological polar surface area (TPSA) is 22.0 Å². The highest BCUT2D eigenvalue weighted by Crippen LogP contribution is 2.44. The van der Waals surface area contributed by atoms with Crippen LogP contribution < -0.4 is 0 Å². The van der Waals surface area contributed by atoms with Crippen LogP contribution in [0.4, 0.5) is 0 Å². The predicted octanol–water partition coefficient (Wildman–Crippen LogP) is 5.09. The molecule has 1 fully saturated rings. The van der Waals surface area contributed by atoms with Gasteiger partial charge in [-0.3, -0.25) is 4.79 Å². The van der Waals surface area contributed by atoms with Crippen LogP contribution >= 0.6 is 0 Å². The fraction of sp³-hybridized carbons (Fsp3) is 0.737. The Morgan fingerprint density at radius 1 is 1.14 bits per heavy atom. The van der Waals surface area contributed by atoms with Crippen LogP contribution in [-0.4, -0.2) is 10.4 Å². The average molecular weight is 287 g/mol. The van der Waals surface area contributed by atoms with Gasteiger partial charge in [0.2, 0.25) is 0 Å². The van der Waals surface area contributed by atoms with Gasteiger partial charge in [0.25, 0.3) is 0 Å². The second kappa shape index (κ2) is 4.72. The van der Waals surface area contributed by atoms with Gasteiger partial charge < -0.3 is 4.57 Å². The van der Waals surface area contributed by atoms with Gasteiger partial charge in [0.15, 0.2) is 5.78 Å². The molecule has 21 heavy (non-hydrogen) atoms. The molecule has 0 N–H and O–H groups in total. The highest BCUT2D eigenvalue weighted by molar-refractivity contribution is 5.99. The van der Waals surface area contributed by atoms with E-state index in [1.54, 1.807) is 0 Å². The van der Waals surface area contributed by atoms with E-state index in [1.807, 2.05) is 0 Å². The summed E-state index contributed by atoms with van der Waals surface area (Å²) in [5.41, 5.74) is 4.15. The zero-order valence-corrected chi connectivity index (χ0v) is 14.3. The van der Waals surface area contributed by atoms with E-state index >= 15 is 0 Å². The summed E-state index contributed by atoms with van der Waals surface area (Å²) in [6.07, 6.45) is 6.87. The summed E-state index contributed by atoms with van der Waals surface area (Å²) in [6, 6.07) is 2.73. The number of nitrogens with zero attached hydrogens (tertiary/aromatic N) is 1. The summed E-state index contributed by atoms with van der Waals surface area (Å²) < 4.78 is 2.52. The van der Waals surface area contributed by atoms with Crippen LogP contribution in [0.5, 0.6) is 0 Å². The third kappa shape index (κ3) is 2.69. The number of aromatic nitrogens is 1. The Labute approximate surface area is 128 Å². The fourth-order valence-electron chi connectivity index (χ4n) is 4.56. The van der Waals surface area contributed by atoms with Gasteiger partial charge in [-0.05, 0) is 49.5 Å². The summed E-state index contributed by atoms with van der Waals surface area (Å²) in [6.45, 7) is 11.4. The van der Waals surface area contributed by atoms with Gasteiger partial charge in [-0.25, -0.2) is 0 Å². The molecular weight excluding hydrogens is 258 g/mol. The maximum Gasteiger partial charge on any atom is 0.165 e. The molecule has 116 valence electrons. The predicted molar refractivity (Wildman–Crippen MR) is 86.9 cm³/mol. The van der Waals surface area contributed by atoms with E-state index in [-0.39, 0.29) is 5.41 Å². The Morgan fingerprint density at radius 3 is 2.52 bits per heavy atom. The lowest BCUT2D eigenvalue weighted by Gasteiger charge is -2.39. The molecule has 1 saturated carbocycles. The lowest BCUT2D eigenvalue weighted by atomic mass is 9.74. The van der Waals surface area contributed by atoms with Crippen molar-refractivity contribution in [2.24, 2.45) is 10.8 Å². The Kier molecular flexibility index (Phi) is 3.35. The zero-order valence-electron chi connectivity index (χ0n) is 14.3. The maximum absolute atomic E-state index is 12.5. The molecule has 0 spiro atoms. The largest absolute Gasteiger partial charge is 0.345 e. The second-order valence-electron chi connectivity index (χ2n) is 8.87. The zero-order chi connectivity index (χ0) is 15.4. The number of rotatable bonds is 1. The van der Waals surface area contributed by atoms with Gasteiger partial charge in [0, 0.05) is 29.4 Å². The first kappa shape index (κ1) is 14.9. The first-order chi connectivity index (χ1) is 9.69. The summed E-state index contributed by atoms with van der Waals surface area (Å²) in [5.74, 6) is 0.346. The monoisotopic (exact) mass is 287 g/mol. The SMILES string of the molecule is Cc1cc2c(n1C1CCCC(C)(C)C1)CC(C)(C)CC2=O. The minimum Gasteiger partial charge on any atom is -0.345 e. The van der Waals surface area contributed by atoms with Gasteiger partial charge in [0.1, 0.15) is 0 Å². The van der Waals surface area contributed by atoms with E-state index in [0.29, 0.717) is 23.7 Å². The van der Waals surface area contributed by atoms with Crippen molar-refractivity contribution >= 4 is 5.78 Å². The van der Waals surface area contributed by atoms with Crippen molar-refractivity contribution in [3.05, 3.63) is 23.0 Å². The molecule has 1 atom stereocenters. The van der Waals surface area contributed by atoms with Gasteiger partial charge in [-0.2, -0.15) is 0 Å². The number of hydrogen-bond donors (Lipinski definition) is 0. The number of hydrogen-bond acceptors (Lipinski definition) is 1. The number of carbonyl (C=O) groups is 1. The van der Waals surface area contributed by atoms with Crippen molar-refractivity contribution in [3.63, 3.8) is 0 Å². The molecule has 2 nitrogen and oxygen atoms in total. The quantitative estimate of drug-likeness (QED) is 0.705. The molecule has 1 aromatic heterocycles. The Balaban J connectivity index is 2.02. The lowest BCUT2D eigenvalue weighted by molar-refractivity contribution is 0.0907. The van der Waals surface area contributed by atoms with Gasteiger partial charge in [-0.1, -0.05) is 34.1 Å². The number of Topliss-reactive ketones (excluding diaryl/α,β-unsaturated/α-hetero) is 1. The molecule has 0 bridgehead atoms. The van der Waals surface area contributed by atoms with Crippen LogP contribution in [0.3, 0.4) is 0 Å². The van der Waals surface area contributed by atoms with E-state index in [4.69, 9.17) is 0 Å². The first-order valence-corrected chi connectivity index (χ1v) is 8.42. The van der Waals surface area contributed by atoms with Crippen LogP contribution in [-0.2, 0) is 6.42 Å². The molecule has 1 unspecified atom stereocenters. The first-order valence-electron chi connectivity index (χ1n) is 8.42. The smallest absolute Gasteiger partial charge is 0.165 e. The normalized spacial score (nSPS) is 27.5. The van der Waals surface area contributed by atoms with Crippen molar-refractivity contribution < 1.29 is 4.79 Å². The third-order valence-electron chi connectivity index (χ3n) is 5.46. The fourth-order valence-corrected chi connectivity index (χ4v) is 4.56. The van der Waals surface area contributed by atoms with E-state index in [9.17, 15) is 4.79 Å². The van der Waals surface area contributed by atoms with Crippen LogP contribution in [0.2, 0.25) is 0 Å². The maximum atomic E-state index is 12.5. The van der Waals surface area contributed by atoms with Crippen LogP contribution in [0.25, 0.3) is 0 Å². The molecule has 0 amide bonds. The van der Waals surface area contributed by atoms with Gasteiger partial charge >= 0.3 is 0 Å². The van der Waals surface area contributed by atoms with Crippen LogP contribution in [0.1, 0.15) is 87.6 Å². The molecule has 0 aromatic carbocycles. The Morgan fingerprint density at radius 2 is 1.86 bits per heavy atom. The highest BCUT2D eigenvalue weighted by Gasteiger charge is 2.37. The van der Waals surface area contributed by atoms with Crippen molar-refractivity contribution in [1.29, 1.82) is 0 Å². The van der Waals surface area contributed by atoms with E-state index in [0.717, 1.165) is 12.0 Å². The summed E-state index contributed by atoms with van der Waals surface area (Å²) in [5, 5.41) is 0. The van der Waals surface area contributed by atoms with Crippen molar-refractivity contribution in [1.82, 2.24) is 4.57 Å².